The predicted octanol–water partition coefficient (Wildman–Crippen LogP) is 2.18. The molecule has 2 amide bonds. The minimum absolute atomic E-state index is 0.0683. The lowest BCUT2D eigenvalue weighted by atomic mass is 10.1. The van der Waals surface area contributed by atoms with Crippen LogP contribution in [0.15, 0.2) is 0 Å². The maximum Gasteiger partial charge on any atom is 0.227 e. The quantitative estimate of drug-likeness (QED) is 0.777. The van der Waals surface area contributed by atoms with Crippen LogP contribution in [0, 0.1) is 5.92 Å². The second kappa shape index (κ2) is 6.15. The van der Waals surface area contributed by atoms with Crippen molar-refractivity contribution in [1.29, 1.82) is 0 Å². The summed E-state index contributed by atoms with van der Waals surface area (Å²) in [5.41, 5.74) is 0. The van der Waals surface area contributed by atoms with E-state index in [1.54, 1.807) is 0 Å². The van der Waals surface area contributed by atoms with Crippen LogP contribution in [0.3, 0.4) is 0 Å². The van der Waals surface area contributed by atoms with Crippen LogP contribution >= 0.6 is 0 Å². The molecule has 0 bridgehead atoms. The van der Waals surface area contributed by atoms with Crippen molar-refractivity contribution in [3.05, 3.63) is 0 Å². The Morgan fingerprint density at radius 3 is 2.25 bits per heavy atom. The van der Waals surface area contributed by atoms with E-state index in [1.165, 1.54) is 25.7 Å². The van der Waals surface area contributed by atoms with Crippen molar-refractivity contribution in [2.45, 2.75) is 63.8 Å². The van der Waals surface area contributed by atoms with Crippen LogP contribution in [0.25, 0.3) is 0 Å². The van der Waals surface area contributed by atoms with Crippen molar-refractivity contribution in [1.82, 2.24) is 9.80 Å². The fourth-order valence-electron chi connectivity index (χ4n) is 4.02. The lowest BCUT2D eigenvalue weighted by Gasteiger charge is -2.26. The number of nitrogens with zero attached hydrogens (tertiary/aromatic N) is 2. The van der Waals surface area contributed by atoms with E-state index in [4.69, 9.17) is 0 Å². The summed E-state index contributed by atoms with van der Waals surface area (Å²) in [6.07, 6.45) is 9.91. The summed E-state index contributed by atoms with van der Waals surface area (Å²) in [6, 6.07) is 0.421. The molecule has 4 heteroatoms. The summed E-state index contributed by atoms with van der Waals surface area (Å²) in [7, 11) is 0. The topological polar surface area (TPSA) is 40.6 Å². The van der Waals surface area contributed by atoms with Gasteiger partial charge in [-0.05, 0) is 25.7 Å². The van der Waals surface area contributed by atoms with Gasteiger partial charge in [0.05, 0.1) is 5.92 Å². The Bertz CT molecular complexity index is 369. The molecule has 2 heterocycles. The van der Waals surface area contributed by atoms with E-state index in [1.807, 2.05) is 9.80 Å². The summed E-state index contributed by atoms with van der Waals surface area (Å²) in [5, 5.41) is 0. The molecule has 0 N–H and O–H groups in total. The number of likely N-dealkylation sites (tertiary alicyclic amines) is 2. The Hall–Kier alpha value is -1.06. The summed E-state index contributed by atoms with van der Waals surface area (Å²) in [5.74, 6) is 0.381. The number of hydrogen-bond donors (Lipinski definition) is 0. The van der Waals surface area contributed by atoms with Gasteiger partial charge in [0.25, 0.3) is 0 Å². The van der Waals surface area contributed by atoms with Crippen LogP contribution in [-0.4, -0.2) is 47.3 Å². The molecule has 3 rings (SSSR count). The average molecular weight is 278 g/mol. The van der Waals surface area contributed by atoms with Crippen molar-refractivity contribution >= 4 is 11.8 Å². The van der Waals surface area contributed by atoms with Crippen LogP contribution in [0.1, 0.15) is 57.8 Å². The highest BCUT2D eigenvalue weighted by Gasteiger charge is 2.40. The van der Waals surface area contributed by atoms with Crippen LogP contribution in [-0.2, 0) is 9.59 Å². The van der Waals surface area contributed by atoms with Crippen molar-refractivity contribution in [2.24, 2.45) is 5.92 Å². The summed E-state index contributed by atoms with van der Waals surface area (Å²) in [6.45, 7) is 2.47. The first kappa shape index (κ1) is 13.9. The molecule has 2 aliphatic heterocycles. The third-order valence-electron chi connectivity index (χ3n) is 5.19. The molecule has 3 fully saturated rings. The molecule has 112 valence electrons. The highest BCUT2D eigenvalue weighted by Crippen LogP contribution is 2.30. The molecule has 0 spiro atoms. The van der Waals surface area contributed by atoms with Gasteiger partial charge in [0.2, 0.25) is 11.8 Å². The molecular formula is C16H26N2O2. The fourth-order valence-corrected chi connectivity index (χ4v) is 4.02. The van der Waals surface area contributed by atoms with E-state index < -0.39 is 0 Å². The van der Waals surface area contributed by atoms with Crippen molar-refractivity contribution in [3.63, 3.8) is 0 Å². The molecule has 1 atom stereocenters. The van der Waals surface area contributed by atoms with Gasteiger partial charge in [0.15, 0.2) is 0 Å². The number of hydrogen-bond acceptors (Lipinski definition) is 2. The Morgan fingerprint density at radius 2 is 1.60 bits per heavy atom. The Labute approximate surface area is 121 Å². The molecule has 0 aromatic carbocycles. The maximum absolute atomic E-state index is 12.6. The zero-order chi connectivity index (χ0) is 13.9. The van der Waals surface area contributed by atoms with Gasteiger partial charge in [-0.1, -0.05) is 25.7 Å². The van der Waals surface area contributed by atoms with Gasteiger partial charge >= 0.3 is 0 Å². The van der Waals surface area contributed by atoms with Gasteiger partial charge < -0.3 is 9.80 Å². The van der Waals surface area contributed by atoms with Gasteiger partial charge in [-0.25, -0.2) is 0 Å². The average Bonchev–Trinajstić information content (AvgIpc) is 3.01. The lowest BCUT2D eigenvalue weighted by molar-refractivity contribution is -0.135. The molecule has 0 radical (unpaired) electrons. The summed E-state index contributed by atoms with van der Waals surface area (Å²) >= 11 is 0. The first-order valence-electron chi connectivity index (χ1n) is 8.34. The second-order valence-electron chi connectivity index (χ2n) is 6.62. The third-order valence-corrected chi connectivity index (χ3v) is 5.19. The SMILES string of the molecule is O=C([C@H]1CC(=O)N(C2CCCC2)C1)N1CCCCCC1. The molecule has 0 aromatic rings. The highest BCUT2D eigenvalue weighted by molar-refractivity contribution is 5.89. The van der Waals surface area contributed by atoms with Crippen molar-refractivity contribution in [2.75, 3.05) is 19.6 Å². The Kier molecular flexibility index (Phi) is 4.27. The van der Waals surface area contributed by atoms with E-state index in [9.17, 15) is 9.59 Å². The standard InChI is InChI=1S/C16H26N2O2/c19-15-11-13(12-18(15)14-7-3-4-8-14)16(20)17-9-5-1-2-6-10-17/h13-14H,1-12H2/t13-/m0/s1. The zero-order valence-corrected chi connectivity index (χ0v) is 12.4. The molecule has 3 aliphatic rings. The molecular weight excluding hydrogens is 252 g/mol. The van der Waals surface area contributed by atoms with E-state index in [0.29, 0.717) is 19.0 Å². The van der Waals surface area contributed by atoms with Crippen molar-refractivity contribution < 1.29 is 9.59 Å². The molecule has 0 aromatic heterocycles. The molecule has 1 saturated carbocycles. The first-order valence-corrected chi connectivity index (χ1v) is 8.34. The molecule has 4 nitrogen and oxygen atoms in total. The normalized spacial score (nSPS) is 29.0. The van der Waals surface area contributed by atoms with E-state index in [-0.39, 0.29) is 17.7 Å². The first-order chi connectivity index (χ1) is 9.75. The van der Waals surface area contributed by atoms with Gasteiger partial charge in [0.1, 0.15) is 0 Å². The Balaban J connectivity index is 1.60. The zero-order valence-electron chi connectivity index (χ0n) is 12.4. The lowest BCUT2D eigenvalue weighted by Crippen LogP contribution is -2.39. The van der Waals surface area contributed by atoms with Gasteiger partial charge in [0, 0.05) is 32.1 Å². The fraction of sp³-hybridized carbons (Fsp3) is 0.875. The minimum atomic E-state index is -0.0683. The number of rotatable bonds is 2. The summed E-state index contributed by atoms with van der Waals surface area (Å²) < 4.78 is 0. The number of carbonyl (C=O) groups excluding carboxylic acids is 2. The predicted molar refractivity (Wildman–Crippen MR) is 77.1 cm³/mol. The number of carbonyl (C=O) groups is 2. The monoisotopic (exact) mass is 278 g/mol. The van der Waals surface area contributed by atoms with Crippen LogP contribution < -0.4 is 0 Å². The van der Waals surface area contributed by atoms with E-state index >= 15 is 0 Å². The van der Waals surface area contributed by atoms with Gasteiger partial charge in [-0.3, -0.25) is 9.59 Å². The van der Waals surface area contributed by atoms with Crippen molar-refractivity contribution in [3.8, 4) is 0 Å². The smallest absolute Gasteiger partial charge is 0.227 e. The molecule has 1 aliphatic carbocycles. The number of amides is 2. The van der Waals surface area contributed by atoms with Crippen LogP contribution in [0.5, 0.6) is 0 Å². The minimum Gasteiger partial charge on any atom is -0.342 e. The molecule has 2 saturated heterocycles. The Morgan fingerprint density at radius 1 is 0.950 bits per heavy atom. The van der Waals surface area contributed by atoms with E-state index in [2.05, 4.69) is 0 Å². The van der Waals surface area contributed by atoms with E-state index in [0.717, 1.165) is 38.8 Å². The maximum atomic E-state index is 12.6. The van der Waals surface area contributed by atoms with Gasteiger partial charge in [-0.2, -0.15) is 0 Å². The second-order valence-corrected chi connectivity index (χ2v) is 6.62. The molecule has 0 unspecified atom stereocenters. The largest absolute Gasteiger partial charge is 0.342 e. The third kappa shape index (κ3) is 2.84. The van der Waals surface area contributed by atoms with Gasteiger partial charge in [-0.15, -0.1) is 0 Å². The van der Waals surface area contributed by atoms with Crippen LogP contribution in [0.4, 0.5) is 0 Å². The summed E-state index contributed by atoms with van der Waals surface area (Å²) in [4.78, 5) is 28.8. The molecule has 20 heavy (non-hydrogen) atoms. The highest BCUT2D eigenvalue weighted by atomic mass is 16.2. The van der Waals surface area contributed by atoms with Crippen LogP contribution in [0.2, 0.25) is 0 Å².